The highest BCUT2D eigenvalue weighted by Crippen LogP contribution is 2.36. The second kappa shape index (κ2) is 8.22. The number of hydrogen-bond donors (Lipinski definition) is 0. The minimum absolute atomic E-state index is 1.18. The van der Waals surface area contributed by atoms with Crippen molar-refractivity contribution in [3.05, 3.63) is 146 Å². The number of benzene rings is 6. The predicted octanol–water partition coefficient (Wildman–Crippen LogP) is 9.55. The first-order valence-electron chi connectivity index (χ1n) is 13.0. The van der Waals surface area contributed by atoms with Gasteiger partial charge in [-0.15, -0.1) is 0 Å². The quantitative estimate of drug-likeness (QED) is 0.236. The maximum Gasteiger partial charge on any atom is 0.0535 e. The van der Waals surface area contributed by atoms with Crippen molar-refractivity contribution in [2.75, 3.05) is 0 Å². The van der Waals surface area contributed by atoms with Gasteiger partial charge in [0, 0.05) is 34.2 Å². The molecule has 2 nitrogen and oxygen atoms in total. The molecule has 0 aliphatic rings. The molecule has 2 heterocycles. The van der Waals surface area contributed by atoms with Crippen molar-refractivity contribution in [2.45, 2.75) is 0 Å². The molecule has 0 amide bonds. The Hall–Kier alpha value is -5.08. The molecular weight excluding hydrogens is 460 g/mol. The van der Waals surface area contributed by atoms with Crippen LogP contribution in [0.3, 0.4) is 0 Å². The van der Waals surface area contributed by atoms with Gasteiger partial charge in [-0.1, -0.05) is 84.9 Å². The molecule has 0 aliphatic carbocycles. The molecule has 6 aromatic carbocycles. The van der Waals surface area contributed by atoms with E-state index in [2.05, 4.69) is 155 Å². The summed E-state index contributed by atoms with van der Waals surface area (Å²) in [5.41, 5.74) is 7.30. The van der Waals surface area contributed by atoms with E-state index >= 15 is 0 Å². The van der Waals surface area contributed by atoms with E-state index in [1.807, 2.05) is 0 Å². The smallest absolute Gasteiger partial charge is 0.0535 e. The zero-order chi connectivity index (χ0) is 25.1. The van der Waals surface area contributed by atoms with Crippen molar-refractivity contribution in [2.24, 2.45) is 0 Å². The lowest BCUT2D eigenvalue weighted by molar-refractivity contribution is 1.13. The fourth-order valence-corrected chi connectivity index (χ4v) is 5.98. The van der Waals surface area contributed by atoms with E-state index in [-0.39, 0.29) is 0 Å². The van der Waals surface area contributed by atoms with Crippen molar-refractivity contribution in [3.63, 3.8) is 0 Å². The number of rotatable bonds is 3. The van der Waals surface area contributed by atoms with Crippen LogP contribution in [-0.4, -0.2) is 9.13 Å². The van der Waals surface area contributed by atoms with E-state index in [1.54, 1.807) is 0 Å². The number of para-hydroxylation sites is 1. The minimum atomic E-state index is 1.18. The largest absolute Gasteiger partial charge is 0.317 e. The summed E-state index contributed by atoms with van der Waals surface area (Å²) in [5, 5.41) is 7.59. The number of nitrogens with zero attached hydrogens (tertiary/aromatic N) is 2. The monoisotopic (exact) mass is 484 g/mol. The Morgan fingerprint density at radius 3 is 2.03 bits per heavy atom. The number of aromatic nitrogens is 2. The Morgan fingerprint density at radius 1 is 0.395 bits per heavy atom. The van der Waals surface area contributed by atoms with Crippen LogP contribution in [0.4, 0.5) is 0 Å². The molecule has 0 saturated carbocycles. The van der Waals surface area contributed by atoms with Crippen LogP contribution in [-0.2, 0) is 0 Å². The minimum Gasteiger partial charge on any atom is -0.317 e. The van der Waals surface area contributed by atoms with Crippen LogP contribution in [0, 0.1) is 0 Å². The SMILES string of the molecule is c1ccc(-n2ccc3cc(-c4ccc(-n5ccc6c7ccccc7ccc65)c5ccccc45)ccc32)cc1. The van der Waals surface area contributed by atoms with Gasteiger partial charge in [0.15, 0.2) is 0 Å². The van der Waals surface area contributed by atoms with Gasteiger partial charge in [0.25, 0.3) is 0 Å². The zero-order valence-corrected chi connectivity index (χ0v) is 20.8. The summed E-state index contributed by atoms with van der Waals surface area (Å²) >= 11 is 0. The Balaban J connectivity index is 1.29. The lowest BCUT2D eigenvalue weighted by atomic mass is 9.96. The van der Waals surface area contributed by atoms with Crippen molar-refractivity contribution in [1.82, 2.24) is 9.13 Å². The molecule has 0 unspecified atom stereocenters. The third-order valence-electron chi connectivity index (χ3n) is 7.79. The van der Waals surface area contributed by atoms with E-state index in [1.165, 1.54) is 65.9 Å². The molecule has 0 atom stereocenters. The molecule has 0 N–H and O–H groups in total. The average Bonchev–Trinajstić information content (AvgIpc) is 3.61. The molecule has 0 radical (unpaired) electrons. The number of hydrogen-bond acceptors (Lipinski definition) is 0. The van der Waals surface area contributed by atoms with Crippen molar-refractivity contribution in [3.8, 4) is 22.5 Å². The lowest BCUT2D eigenvalue weighted by Crippen LogP contribution is -1.95. The molecule has 0 fully saturated rings. The highest BCUT2D eigenvalue weighted by Gasteiger charge is 2.13. The summed E-state index contributed by atoms with van der Waals surface area (Å²) in [6, 6.07) is 48.2. The van der Waals surface area contributed by atoms with Crippen molar-refractivity contribution < 1.29 is 0 Å². The van der Waals surface area contributed by atoms with Gasteiger partial charge in [-0.2, -0.15) is 0 Å². The average molecular weight is 485 g/mol. The molecule has 0 aliphatic heterocycles. The van der Waals surface area contributed by atoms with Crippen LogP contribution in [0.5, 0.6) is 0 Å². The van der Waals surface area contributed by atoms with Crippen LogP contribution in [0.15, 0.2) is 146 Å². The molecule has 0 saturated heterocycles. The predicted molar refractivity (Wildman–Crippen MR) is 161 cm³/mol. The fraction of sp³-hybridized carbons (Fsp3) is 0. The first kappa shape index (κ1) is 21.0. The summed E-state index contributed by atoms with van der Waals surface area (Å²) in [7, 11) is 0. The van der Waals surface area contributed by atoms with Gasteiger partial charge in [0.05, 0.1) is 16.7 Å². The van der Waals surface area contributed by atoms with Crippen LogP contribution in [0.1, 0.15) is 0 Å². The molecule has 8 rings (SSSR count). The highest BCUT2D eigenvalue weighted by molar-refractivity contribution is 6.08. The summed E-state index contributed by atoms with van der Waals surface area (Å²) in [5.74, 6) is 0. The second-order valence-corrected chi connectivity index (χ2v) is 9.88. The molecule has 0 bridgehead atoms. The Bertz CT molecular complexity index is 2130. The Kier molecular flexibility index (Phi) is 4.55. The van der Waals surface area contributed by atoms with E-state index in [0.717, 1.165) is 0 Å². The third kappa shape index (κ3) is 3.14. The molecule has 178 valence electrons. The van der Waals surface area contributed by atoms with Crippen LogP contribution in [0.2, 0.25) is 0 Å². The molecule has 0 spiro atoms. The summed E-state index contributed by atoms with van der Waals surface area (Å²) in [6.07, 6.45) is 4.36. The van der Waals surface area contributed by atoms with Crippen LogP contribution >= 0.6 is 0 Å². The fourth-order valence-electron chi connectivity index (χ4n) is 5.98. The van der Waals surface area contributed by atoms with Gasteiger partial charge >= 0.3 is 0 Å². The highest BCUT2D eigenvalue weighted by atomic mass is 15.0. The molecule has 2 heteroatoms. The number of fused-ring (bicyclic) bond motifs is 5. The first-order valence-corrected chi connectivity index (χ1v) is 13.0. The van der Waals surface area contributed by atoms with Crippen molar-refractivity contribution in [1.29, 1.82) is 0 Å². The Morgan fingerprint density at radius 2 is 1.13 bits per heavy atom. The zero-order valence-electron chi connectivity index (χ0n) is 20.8. The maximum atomic E-state index is 2.33. The lowest BCUT2D eigenvalue weighted by Gasteiger charge is -2.14. The van der Waals surface area contributed by atoms with Gasteiger partial charge in [0.1, 0.15) is 0 Å². The normalized spacial score (nSPS) is 11.7. The topological polar surface area (TPSA) is 9.86 Å². The van der Waals surface area contributed by atoms with Crippen molar-refractivity contribution >= 4 is 43.4 Å². The van der Waals surface area contributed by atoms with E-state index < -0.39 is 0 Å². The van der Waals surface area contributed by atoms with Crippen LogP contribution in [0.25, 0.3) is 65.9 Å². The van der Waals surface area contributed by atoms with E-state index in [4.69, 9.17) is 0 Å². The molecule has 2 aromatic heterocycles. The maximum absolute atomic E-state index is 2.33. The molecule has 8 aromatic rings. The standard InChI is InChI=1S/C36H24N2/c1-2-9-28(10-3-1)37-22-20-27-24-26(15-17-34(27)37)30-16-19-36(32-13-7-6-12-31(30)32)38-23-21-33-29-11-5-4-8-25(29)14-18-35(33)38/h1-24H. The van der Waals surface area contributed by atoms with Gasteiger partial charge < -0.3 is 9.13 Å². The van der Waals surface area contributed by atoms with Gasteiger partial charge in [-0.05, 0) is 75.8 Å². The summed E-state index contributed by atoms with van der Waals surface area (Å²) in [4.78, 5) is 0. The van der Waals surface area contributed by atoms with E-state index in [9.17, 15) is 0 Å². The Labute approximate surface area is 220 Å². The third-order valence-corrected chi connectivity index (χ3v) is 7.79. The van der Waals surface area contributed by atoms with E-state index in [0.29, 0.717) is 0 Å². The second-order valence-electron chi connectivity index (χ2n) is 9.88. The summed E-state index contributed by atoms with van der Waals surface area (Å²) in [6.45, 7) is 0. The molecular formula is C36H24N2. The summed E-state index contributed by atoms with van der Waals surface area (Å²) < 4.78 is 4.58. The van der Waals surface area contributed by atoms with Crippen LogP contribution < -0.4 is 0 Å². The molecule has 38 heavy (non-hydrogen) atoms. The van der Waals surface area contributed by atoms with Gasteiger partial charge in [0.2, 0.25) is 0 Å². The van der Waals surface area contributed by atoms with Gasteiger partial charge in [-0.25, -0.2) is 0 Å². The first-order chi connectivity index (χ1) is 18.8. The van der Waals surface area contributed by atoms with Gasteiger partial charge in [-0.3, -0.25) is 0 Å².